The van der Waals surface area contributed by atoms with Gasteiger partial charge in [-0.2, -0.15) is 0 Å². The van der Waals surface area contributed by atoms with Crippen LogP contribution in [0.1, 0.15) is 27.0 Å². The lowest BCUT2D eigenvalue weighted by atomic mass is 10.0. The van der Waals surface area contributed by atoms with Crippen LogP contribution in [0, 0.1) is 13.8 Å². The molecule has 0 aliphatic heterocycles. The highest BCUT2D eigenvalue weighted by atomic mass is 16.5. The fraction of sp³-hybridized carbons (Fsp3) is 0.200. The highest BCUT2D eigenvalue weighted by Crippen LogP contribution is 2.26. The molecular formula is C20H20N2O4. The summed E-state index contributed by atoms with van der Waals surface area (Å²) < 4.78 is 10.6. The van der Waals surface area contributed by atoms with Gasteiger partial charge in [-0.05, 0) is 55.3 Å². The summed E-state index contributed by atoms with van der Waals surface area (Å²) in [5, 5.41) is 0.937. The largest absolute Gasteiger partial charge is 0.497 e. The number of nitrogens with one attached hydrogen (secondary N) is 2. The van der Waals surface area contributed by atoms with Gasteiger partial charge in [0.05, 0.1) is 19.8 Å². The molecule has 2 aromatic carbocycles. The SMILES string of the molecule is COc1ccc(C(=O)NNC(=O)Cc2coc3cc(C)cc(C)c23)cc1. The normalized spacial score (nSPS) is 10.6. The van der Waals surface area contributed by atoms with Crippen molar-refractivity contribution >= 4 is 22.8 Å². The lowest BCUT2D eigenvalue weighted by Crippen LogP contribution is -2.42. The second kappa shape index (κ2) is 7.31. The summed E-state index contributed by atoms with van der Waals surface area (Å²) in [7, 11) is 1.55. The van der Waals surface area contributed by atoms with Gasteiger partial charge in [0.15, 0.2) is 0 Å². The molecule has 6 nitrogen and oxygen atoms in total. The first-order valence-electron chi connectivity index (χ1n) is 8.18. The van der Waals surface area contributed by atoms with E-state index in [1.54, 1.807) is 37.6 Å². The topological polar surface area (TPSA) is 80.6 Å². The summed E-state index contributed by atoms with van der Waals surface area (Å²) >= 11 is 0. The molecule has 134 valence electrons. The summed E-state index contributed by atoms with van der Waals surface area (Å²) in [6, 6.07) is 10.6. The quantitative estimate of drug-likeness (QED) is 0.707. The van der Waals surface area contributed by atoms with Crippen molar-refractivity contribution in [2.24, 2.45) is 0 Å². The number of hydrogen-bond acceptors (Lipinski definition) is 4. The summed E-state index contributed by atoms with van der Waals surface area (Å²) in [5.41, 5.74) is 8.97. The Morgan fingerprint density at radius 1 is 1.08 bits per heavy atom. The van der Waals surface area contributed by atoms with Crippen LogP contribution in [-0.4, -0.2) is 18.9 Å². The van der Waals surface area contributed by atoms with E-state index in [9.17, 15) is 9.59 Å². The average Bonchev–Trinajstić information content (AvgIpc) is 3.02. The van der Waals surface area contributed by atoms with Crippen LogP contribution in [-0.2, 0) is 11.2 Å². The van der Waals surface area contributed by atoms with Crippen LogP contribution in [0.3, 0.4) is 0 Å². The van der Waals surface area contributed by atoms with Crippen LogP contribution in [0.4, 0.5) is 0 Å². The molecule has 0 unspecified atom stereocenters. The molecule has 3 aromatic rings. The molecule has 0 bridgehead atoms. The van der Waals surface area contributed by atoms with Gasteiger partial charge in [0.1, 0.15) is 11.3 Å². The number of furan rings is 1. The summed E-state index contributed by atoms with van der Waals surface area (Å²) in [5.74, 6) is -0.0672. The Labute approximate surface area is 151 Å². The van der Waals surface area contributed by atoms with Crippen molar-refractivity contribution in [3.63, 3.8) is 0 Å². The molecule has 2 amide bonds. The minimum atomic E-state index is -0.398. The van der Waals surface area contributed by atoms with Gasteiger partial charge >= 0.3 is 0 Å². The number of aryl methyl sites for hydroxylation is 2. The van der Waals surface area contributed by atoms with Crippen LogP contribution < -0.4 is 15.6 Å². The van der Waals surface area contributed by atoms with Crippen molar-refractivity contribution in [1.82, 2.24) is 10.9 Å². The number of fused-ring (bicyclic) bond motifs is 1. The Hall–Kier alpha value is -3.28. The van der Waals surface area contributed by atoms with Gasteiger partial charge in [0, 0.05) is 16.5 Å². The predicted octanol–water partition coefficient (Wildman–Crippen LogP) is 3.06. The third kappa shape index (κ3) is 3.69. The van der Waals surface area contributed by atoms with E-state index < -0.39 is 5.91 Å². The number of carbonyl (C=O) groups is 2. The Morgan fingerprint density at radius 2 is 1.81 bits per heavy atom. The molecule has 2 N–H and O–H groups in total. The molecule has 6 heteroatoms. The summed E-state index contributed by atoms with van der Waals surface area (Å²) in [6.07, 6.45) is 1.70. The maximum Gasteiger partial charge on any atom is 0.269 e. The lowest BCUT2D eigenvalue weighted by molar-refractivity contribution is -0.121. The van der Waals surface area contributed by atoms with E-state index in [1.165, 1.54) is 0 Å². The van der Waals surface area contributed by atoms with Crippen molar-refractivity contribution in [2.75, 3.05) is 7.11 Å². The van der Waals surface area contributed by atoms with E-state index in [0.29, 0.717) is 11.3 Å². The zero-order valence-electron chi connectivity index (χ0n) is 14.9. The zero-order chi connectivity index (χ0) is 18.7. The fourth-order valence-electron chi connectivity index (χ4n) is 2.91. The standard InChI is InChI=1S/C20H20N2O4/c1-12-8-13(2)19-15(11-26-17(19)9-12)10-18(23)21-22-20(24)14-4-6-16(25-3)7-5-14/h4-9,11H,10H2,1-3H3,(H,21,23)(H,22,24). The number of methoxy groups -OCH3 is 1. The Balaban J connectivity index is 1.63. The lowest BCUT2D eigenvalue weighted by Gasteiger charge is -2.08. The van der Waals surface area contributed by atoms with E-state index in [1.807, 2.05) is 26.0 Å². The minimum absolute atomic E-state index is 0.111. The van der Waals surface area contributed by atoms with Gasteiger partial charge in [-0.15, -0.1) is 0 Å². The average molecular weight is 352 g/mol. The van der Waals surface area contributed by atoms with Gasteiger partial charge in [-0.25, -0.2) is 0 Å². The van der Waals surface area contributed by atoms with E-state index in [2.05, 4.69) is 10.9 Å². The second-order valence-electron chi connectivity index (χ2n) is 6.12. The monoisotopic (exact) mass is 352 g/mol. The molecule has 0 atom stereocenters. The zero-order valence-corrected chi connectivity index (χ0v) is 14.9. The van der Waals surface area contributed by atoms with Crippen LogP contribution in [0.25, 0.3) is 11.0 Å². The van der Waals surface area contributed by atoms with Gasteiger partial charge in [-0.3, -0.25) is 20.4 Å². The molecule has 1 aromatic heterocycles. The Kier molecular flexibility index (Phi) is 4.93. The summed E-state index contributed by atoms with van der Waals surface area (Å²) in [4.78, 5) is 24.3. The van der Waals surface area contributed by atoms with Crippen molar-refractivity contribution in [3.05, 3.63) is 64.9 Å². The van der Waals surface area contributed by atoms with Crippen molar-refractivity contribution < 1.29 is 18.7 Å². The van der Waals surface area contributed by atoms with Crippen LogP contribution in [0.5, 0.6) is 5.75 Å². The smallest absolute Gasteiger partial charge is 0.269 e. The number of carbonyl (C=O) groups excluding carboxylic acids is 2. The highest BCUT2D eigenvalue weighted by molar-refractivity contribution is 5.96. The number of amides is 2. The van der Waals surface area contributed by atoms with Crippen LogP contribution in [0.2, 0.25) is 0 Å². The molecule has 3 rings (SSSR count). The number of hydrazine groups is 1. The first-order chi connectivity index (χ1) is 12.5. The van der Waals surface area contributed by atoms with Gasteiger partial charge in [-0.1, -0.05) is 6.07 Å². The number of benzene rings is 2. The second-order valence-corrected chi connectivity index (χ2v) is 6.12. The molecule has 0 fully saturated rings. The maximum atomic E-state index is 12.2. The first kappa shape index (κ1) is 17.5. The molecule has 0 radical (unpaired) electrons. The van der Waals surface area contributed by atoms with Crippen molar-refractivity contribution in [2.45, 2.75) is 20.3 Å². The molecule has 0 saturated heterocycles. The predicted molar refractivity (Wildman–Crippen MR) is 98.0 cm³/mol. The molecule has 0 saturated carbocycles. The molecule has 1 heterocycles. The van der Waals surface area contributed by atoms with Crippen molar-refractivity contribution in [3.8, 4) is 5.75 Å². The molecule has 0 spiro atoms. The van der Waals surface area contributed by atoms with Crippen LogP contribution >= 0.6 is 0 Å². The van der Waals surface area contributed by atoms with Gasteiger partial charge < -0.3 is 9.15 Å². The van der Waals surface area contributed by atoms with Gasteiger partial charge in [0.2, 0.25) is 5.91 Å². The third-order valence-electron chi connectivity index (χ3n) is 4.11. The molecular weight excluding hydrogens is 332 g/mol. The van der Waals surface area contributed by atoms with Crippen molar-refractivity contribution in [1.29, 1.82) is 0 Å². The first-order valence-corrected chi connectivity index (χ1v) is 8.18. The van der Waals surface area contributed by atoms with Crippen LogP contribution in [0.15, 0.2) is 47.1 Å². The van der Waals surface area contributed by atoms with Gasteiger partial charge in [0.25, 0.3) is 5.91 Å². The molecule has 0 aliphatic carbocycles. The Morgan fingerprint density at radius 3 is 2.50 bits per heavy atom. The number of rotatable bonds is 4. The highest BCUT2D eigenvalue weighted by Gasteiger charge is 2.14. The Bertz CT molecular complexity index is 958. The minimum Gasteiger partial charge on any atom is -0.497 e. The number of hydrogen-bond donors (Lipinski definition) is 2. The maximum absolute atomic E-state index is 12.2. The van der Waals surface area contributed by atoms with E-state index >= 15 is 0 Å². The van der Waals surface area contributed by atoms with E-state index in [4.69, 9.17) is 9.15 Å². The van der Waals surface area contributed by atoms with E-state index in [0.717, 1.165) is 27.7 Å². The summed E-state index contributed by atoms with van der Waals surface area (Å²) in [6.45, 7) is 3.98. The third-order valence-corrected chi connectivity index (χ3v) is 4.11. The molecule has 0 aliphatic rings. The number of ether oxygens (including phenoxy) is 1. The molecule has 26 heavy (non-hydrogen) atoms. The fourth-order valence-corrected chi connectivity index (χ4v) is 2.91. The van der Waals surface area contributed by atoms with E-state index in [-0.39, 0.29) is 12.3 Å².